The first kappa shape index (κ1) is 23.4. The third-order valence-electron chi connectivity index (χ3n) is 6.83. The second-order valence-electron chi connectivity index (χ2n) is 8.73. The van der Waals surface area contributed by atoms with Crippen LogP contribution in [0.5, 0.6) is 0 Å². The van der Waals surface area contributed by atoms with Crippen molar-refractivity contribution < 1.29 is 18.7 Å². The maximum atomic E-state index is 13.1. The Morgan fingerprint density at radius 3 is 2.47 bits per heavy atom. The summed E-state index contributed by atoms with van der Waals surface area (Å²) < 4.78 is 24.8. The van der Waals surface area contributed by atoms with Gasteiger partial charge in [-0.2, -0.15) is 0 Å². The second-order valence-corrected chi connectivity index (χ2v) is 10.1. The highest BCUT2D eigenvalue weighted by atomic mass is 32.2. The summed E-state index contributed by atoms with van der Waals surface area (Å²) in [5, 5.41) is 0.447. The molecule has 4 rings (SSSR count). The summed E-state index contributed by atoms with van der Waals surface area (Å²) in [6.07, 6.45) is 4.80. The number of fused-ring (bicyclic) bond motifs is 1. The quantitative estimate of drug-likeness (QED) is 0.386. The number of ether oxygens (including phenoxy) is 2. The molecule has 32 heavy (non-hydrogen) atoms. The van der Waals surface area contributed by atoms with Crippen molar-refractivity contribution in [2.24, 2.45) is 5.92 Å². The number of piperidine rings is 1. The summed E-state index contributed by atoms with van der Waals surface area (Å²) >= 11 is 1.93. The van der Waals surface area contributed by atoms with Gasteiger partial charge < -0.3 is 14.4 Å². The average Bonchev–Trinajstić information content (AvgIpc) is 2.84. The summed E-state index contributed by atoms with van der Waals surface area (Å²) in [4.78, 5) is 16.4. The number of benzene rings is 2. The van der Waals surface area contributed by atoms with E-state index in [2.05, 4.69) is 23.1 Å². The van der Waals surface area contributed by atoms with Gasteiger partial charge in [-0.05, 0) is 75.6 Å². The van der Waals surface area contributed by atoms with Crippen LogP contribution in [0.2, 0.25) is 0 Å². The van der Waals surface area contributed by atoms with E-state index in [-0.39, 0.29) is 17.5 Å². The lowest BCUT2D eigenvalue weighted by Crippen LogP contribution is -2.39. The Morgan fingerprint density at radius 1 is 1.09 bits per heavy atom. The number of hydrogen-bond acceptors (Lipinski definition) is 5. The van der Waals surface area contributed by atoms with E-state index in [4.69, 9.17) is 9.47 Å². The molecule has 0 spiro atoms. The Bertz CT molecular complexity index is 908. The van der Waals surface area contributed by atoms with Crippen molar-refractivity contribution in [3.05, 3.63) is 65.5 Å². The molecular weight excluding hydrogens is 425 g/mol. The zero-order valence-electron chi connectivity index (χ0n) is 18.9. The van der Waals surface area contributed by atoms with E-state index in [9.17, 15) is 9.18 Å². The molecule has 0 radical (unpaired) electrons. The molecule has 172 valence electrons. The van der Waals surface area contributed by atoms with Crippen LogP contribution in [-0.4, -0.2) is 49.8 Å². The Kier molecular flexibility index (Phi) is 7.66. The Morgan fingerprint density at radius 2 is 1.78 bits per heavy atom. The van der Waals surface area contributed by atoms with Crippen LogP contribution in [0.15, 0.2) is 53.4 Å². The molecule has 0 aromatic heterocycles. The van der Waals surface area contributed by atoms with E-state index >= 15 is 0 Å². The molecule has 1 atom stereocenters. The summed E-state index contributed by atoms with van der Waals surface area (Å²) in [5.74, 6) is -0.765. The molecule has 0 N–H and O–H groups in total. The molecule has 0 amide bonds. The van der Waals surface area contributed by atoms with Crippen LogP contribution in [-0.2, 0) is 15.3 Å². The number of Topliss-reactive ketones (excluding diaryl/α,β-unsaturated/α-hetero) is 1. The van der Waals surface area contributed by atoms with Crippen molar-refractivity contribution in [2.75, 3.05) is 33.9 Å². The molecule has 2 heterocycles. The lowest BCUT2D eigenvalue weighted by atomic mass is 9.89. The molecular formula is C26H32FNO3S. The Labute approximate surface area is 194 Å². The number of carbonyl (C=O) groups is 1. The molecule has 1 unspecified atom stereocenters. The van der Waals surface area contributed by atoms with Crippen LogP contribution in [0.3, 0.4) is 0 Å². The van der Waals surface area contributed by atoms with Gasteiger partial charge in [0.15, 0.2) is 11.6 Å². The zero-order valence-corrected chi connectivity index (χ0v) is 19.7. The normalized spacial score (nSPS) is 21.3. The first-order chi connectivity index (χ1) is 15.5. The smallest absolute Gasteiger partial charge is 0.196 e. The predicted molar refractivity (Wildman–Crippen MR) is 126 cm³/mol. The number of nitrogens with zero attached hydrogens (tertiary/aromatic N) is 1. The first-order valence-corrected chi connectivity index (χ1v) is 12.3. The maximum absolute atomic E-state index is 13.1. The van der Waals surface area contributed by atoms with Crippen molar-refractivity contribution in [3.63, 3.8) is 0 Å². The fourth-order valence-corrected chi connectivity index (χ4v) is 6.41. The largest absolute Gasteiger partial charge is 0.349 e. The maximum Gasteiger partial charge on any atom is 0.196 e. The van der Waals surface area contributed by atoms with Gasteiger partial charge in [0.25, 0.3) is 0 Å². The second kappa shape index (κ2) is 10.5. The molecule has 1 saturated heterocycles. The third-order valence-corrected chi connectivity index (χ3v) is 8.18. The summed E-state index contributed by atoms with van der Waals surface area (Å²) in [6.45, 7) is 2.93. The lowest BCUT2D eigenvalue weighted by molar-refractivity contribution is -0.222. The molecule has 0 bridgehead atoms. The topological polar surface area (TPSA) is 38.8 Å². The number of hydrogen-bond donors (Lipinski definition) is 0. The molecule has 6 heteroatoms. The number of rotatable bonds is 8. The molecule has 2 aromatic carbocycles. The fraction of sp³-hybridized carbons (Fsp3) is 0.500. The fourth-order valence-electron chi connectivity index (χ4n) is 4.96. The highest BCUT2D eigenvalue weighted by molar-refractivity contribution is 8.00. The van der Waals surface area contributed by atoms with Crippen LogP contribution in [0.1, 0.15) is 48.0 Å². The van der Waals surface area contributed by atoms with Gasteiger partial charge in [0, 0.05) is 47.8 Å². The zero-order chi connectivity index (χ0) is 22.6. The predicted octanol–water partition coefficient (Wildman–Crippen LogP) is 5.51. The van der Waals surface area contributed by atoms with Gasteiger partial charge in [0.1, 0.15) is 5.82 Å². The molecule has 2 aliphatic heterocycles. The minimum Gasteiger partial charge on any atom is -0.349 e. The summed E-state index contributed by atoms with van der Waals surface area (Å²) in [6, 6.07) is 14.3. The van der Waals surface area contributed by atoms with Crippen molar-refractivity contribution in [2.45, 2.75) is 48.0 Å². The Hall–Kier alpha value is -1.73. The molecule has 1 fully saturated rings. The van der Waals surface area contributed by atoms with Crippen molar-refractivity contribution in [1.29, 1.82) is 0 Å². The summed E-state index contributed by atoms with van der Waals surface area (Å²) in [7, 11) is 3.45. The van der Waals surface area contributed by atoms with E-state index < -0.39 is 5.79 Å². The van der Waals surface area contributed by atoms with Crippen LogP contribution < -0.4 is 0 Å². The molecule has 2 aromatic rings. The number of ketones is 1. The minimum atomic E-state index is -0.661. The standard InChI is InChI=1S/C26H32FNO3S/c1-30-26(31-2)18-22(32-24-8-4-3-7-23(24)26)6-5-15-28-16-13-20(14-17-28)25(29)19-9-11-21(27)12-10-19/h3-4,7-12,20,22H,5-6,13-18H2,1-2H3. The van der Waals surface area contributed by atoms with E-state index in [0.29, 0.717) is 10.8 Å². The lowest BCUT2D eigenvalue weighted by Gasteiger charge is -2.40. The third kappa shape index (κ3) is 5.09. The molecule has 2 aliphatic rings. The molecule has 0 aliphatic carbocycles. The molecule has 0 saturated carbocycles. The highest BCUT2D eigenvalue weighted by Gasteiger charge is 2.41. The monoisotopic (exact) mass is 457 g/mol. The summed E-state index contributed by atoms with van der Waals surface area (Å²) in [5.41, 5.74) is 1.75. The molecule has 4 nitrogen and oxygen atoms in total. The van der Waals surface area contributed by atoms with Gasteiger partial charge in [0.2, 0.25) is 0 Å². The van der Waals surface area contributed by atoms with Gasteiger partial charge >= 0.3 is 0 Å². The van der Waals surface area contributed by atoms with Gasteiger partial charge in [-0.3, -0.25) is 4.79 Å². The van der Waals surface area contributed by atoms with Crippen molar-refractivity contribution >= 4 is 17.5 Å². The van der Waals surface area contributed by atoms with Crippen LogP contribution in [0, 0.1) is 11.7 Å². The highest BCUT2D eigenvalue weighted by Crippen LogP contribution is 2.47. The number of likely N-dealkylation sites (tertiary alicyclic amines) is 1. The van der Waals surface area contributed by atoms with Gasteiger partial charge in [-0.1, -0.05) is 18.2 Å². The van der Waals surface area contributed by atoms with Crippen molar-refractivity contribution in [1.82, 2.24) is 4.90 Å². The number of thioether (sulfide) groups is 1. The van der Waals surface area contributed by atoms with Gasteiger partial charge in [-0.25, -0.2) is 4.39 Å². The number of methoxy groups -OCH3 is 2. The van der Waals surface area contributed by atoms with E-state index in [1.54, 1.807) is 26.4 Å². The number of halogens is 1. The Balaban J connectivity index is 1.25. The van der Waals surface area contributed by atoms with Crippen LogP contribution >= 0.6 is 11.8 Å². The average molecular weight is 458 g/mol. The van der Waals surface area contributed by atoms with Crippen LogP contribution in [0.4, 0.5) is 4.39 Å². The SMILES string of the molecule is COC1(OC)CC(CCCN2CCC(C(=O)c3ccc(F)cc3)CC2)Sc2ccccc21. The van der Waals surface area contributed by atoms with Gasteiger partial charge in [0.05, 0.1) is 0 Å². The van der Waals surface area contributed by atoms with Crippen molar-refractivity contribution in [3.8, 4) is 0 Å². The number of carbonyl (C=O) groups excluding carboxylic acids is 1. The van der Waals surface area contributed by atoms with E-state index in [1.807, 2.05) is 17.8 Å². The minimum absolute atomic E-state index is 0.0473. The van der Waals surface area contributed by atoms with Crippen LogP contribution in [0.25, 0.3) is 0 Å². The first-order valence-electron chi connectivity index (χ1n) is 11.4. The van der Waals surface area contributed by atoms with Gasteiger partial charge in [-0.15, -0.1) is 11.8 Å². The van der Waals surface area contributed by atoms with E-state index in [0.717, 1.165) is 57.3 Å². The van der Waals surface area contributed by atoms with E-state index in [1.165, 1.54) is 17.0 Å².